The topological polar surface area (TPSA) is 50.2 Å². The molecule has 0 saturated carbocycles. The minimum absolute atomic E-state index is 0.0513. The van der Waals surface area contributed by atoms with Gasteiger partial charge in [-0.3, -0.25) is 9.48 Å². The molecule has 1 saturated heterocycles. The highest BCUT2D eigenvalue weighted by Gasteiger charge is 2.31. The predicted molar refractivity (Wildman–Crippen MR) is 187 cm³/mol. The van der Waals surface area contributed by atoms with E-state index < -0.39 is 0 Å². The van der Waals surface area contributed by atoms with Crippen molar-refractivity contribution < 1.29 is 4.79 Å². The fraction of sp³-hybridized carbons (Fsp3) is 0.538. The number of aromatic nitrogens is 2. The van der Waals surface area contributed by atoms with Gasteiger partial charge in [-0.25, -0.2) is 0 Å². The smallest absolute Gasteiger partial charge is 0.269 e. The number of hydrogen-bond donors (Lipinski definition) is 1. The molecule has 1 aliphatic rings. The molecule has 5 nitrogen and oxygen atoms in total. The van der Waals surface area contributed by atoms with Crippen LogP contribution in [0.3, 0.4) is 0 Å². The normalized spacial score (nSPS) is 18.2. The summed E-state index contributed by atoms with van der Waals surface area (Å²) < 4.78 is 1.87. The van der Waals surface area contributed by atoms with Crippen molar-refractivity contribution in [1.29, 1.82) is 0 Å². The van der Waals surface area contributed by atoms with Gasteiger partial charge in [-0.1, -0.05) is 89.3 Å². The van der Waals surface area contributed by atoms with Crippen LogP contribution in [-0.2, 0) is 17.4 Å². The van der Waals surface area contributed by atoms with Crippen LogP contribution >= 0.6 is 0 Å². The zero-order chi connectivity index (χ0) is 32.0. The lowest BCUT2D eigenvalue weighted by Crippen LogP contribution is -2.29. The van der Waals surface area contributed by atoms with Crippen LogP contribution in [0, 0.1) is 12.3 Å². The summed E-state index contributed by atoms with van der Waals surface area (Å²) in [5.74, 6) is 2.65. The standard InChI is InChI=1S/C39H56N4O/c1-8-12-20-32(21-13-9-2)31-43-35(30-36(41-43)38(5,6)11-4)37(44)40-26-17-14-18-27-42-28-19-24-39(7,25-29-42)34-23-16-15-22-33(34)10-3/h1,9-10,13,15-16,20,22-23,30H,3,11-12,14,17-19,21,24-29,31H2,2,4-7H3,(H,40,44)/b13-9-,32-20+. The Morgan fingerprint density at radius 1 is 1.20 bits per heavy atom. The van der Waals surface area contributed by atoms with Crippen molar-refractivity contribution >= 4 is 12.0 Å². The maximum atomic E-state index is 13.4. The van der Waals surface area contributed by atoms with Crippen LogP contribution in [0.2, 0.25) is 0 Å². The van der Waals surface area contributed by atoms with Crippen LogP contribution in [-0.4, -0.2) is 46.8 Å². The first-order chi connectivity index (χ1) is 21.2. The summed E-state index contributed by atoms with van der Waals surface area (Å²) >= 11 is 0. The van der Waals surface area contributed by atoms with Gasteiger partial charge in [-0.05, 0) is 99.7 Å². The summed E-state index contributed by atoms with van der Waals surface area (Å²) in [6.07, 6.45) is 22.9. The van der Waals surface area contributed by atoms with E-state index in [-0.39, 0.29) is 16.7 Å². The van der Waals surface area contributed by atoms with Crippen molar-refractivity contribution in [1.82, 2.24) is 20.0 Å². The molecule has 5 heteroatoms. The zero-order valence-corrected chi connectivity index (χ0v) is 28.1. The van der Waals surface area contributed by atoms with Crippen molar-refractivity contribution in [2.75, 3.05) is 26.2 Å². The van der Waals surface area contributed by atoms with Crippen molar-refractivity contribution in [3.05, 3.63) is 83.2 Å². The van der Waals surface area contributed by atoms with Crippen LogP contribution in [0.5, 0.6) is 0 Å². The molecule has 1 unspecified atom stereocenters. The average molecular weight is 597 g/mol. The Morgan fingerprint density at radius 3 is 2.73 bits per heavy atom. The molecular formula is C39H56N4O. The van der Waals surface area contributed by atoms with Crippen LogP contribution in [0.25, 0.3) is 6.08 Å². The van der Waals surface area contributed by atoms with Crippen molar-refractivity contribution in [2.45, 2.75) is 110 Å². The summed E-state index contributed by atoms with van der Waals surface area (Å²) in [7, 11) is 0. The summed E-state index contributed by atoms with van der Waals surface area (Å²) in [6.45, 7) is 19.7. The van der Waals surface area contributed by atoms with Gasteiger partial charge in [0.1, 0.15) is 5.69 Å². The van der Waals surface area contributed by atoms with Crippen LogP contribution in [0.1, 0.15) is 120 Å². The summed E-state index contributed by atoms with van der Waals surface area (Å²) in [5, 5.41) is 8.10. The molecule has 1 fully saturated rings. The van der Waals surface area contributed by atoms with Gasteiger partial charge in [0, 0.05) is 18.4 Å². The molecule has 44 heavy (non-hydrogen) atoms. The van der Waals surface area contributed by atoms with Gasteiger partial charge in [-0.15, -0.1) is 12.3 Å². The fourth-order valence-corrected chi connectivity index (χ4v) is 6.09. The van der Waals surface area contributed by atoms with Crippen LogP contribution in [0.15, 0.2) is 60.7 Å². The number of allylic oxidation sites excluding steroid dienone is 4. The number of rotatable bonds is 16. The second-order valence-electron chi connectivity index (χ2n) is 13.2. The van der Waals surface area contributed by atoms with Crippen molar-refractivity contribution in [2.24, 2.45) is 0 Å². The number of amides is 1. The zero-order valence-electron chi connectivity index (χ0n) is 28.1. The van der Waals surface area contributed by atoms with E-state index in [4.69, 9.17) is 11.5 Å². The van der Waals surface area contributed by atoms with E-state index in [1.807, 2.05) is 29.8 Å². The van der Waals surface area contributed by atoms with E-state index in [1.54, 1.807) is 0 Å². The van der Waals surface area contributed by atoms with E-state index in [0.717, 1.165) is 63.0 Å². The number of nitrogens with zero attached hydrogens (tertiary/aromatic N) is 3. The second kappa shape index (κ2) is 17.2. The van der Waals surface area contributed by atoms with Crippen LogP contribution < -0.4 is 5.32 Å². The SMILES string of the molecule is C#CC/C=C(\C/C=C\C)Cn1nc(C(C)(C)CC)cc1C(=O)NCCCCCN1CCCC(C)(c2ccccc2C=C)CC1. The summed E-state index contributed by atoms with van der Waals surface area (Å²) in [4.78, 5) is 16.0. The minimum atomic E-state index is -0.105. The molecule has 1 amide bonds. The van der Waals surface area contributed by atoms with Gasteiger partial charge in [0.25, 0.3) is 5.91 Å². The first-order valence-corrected chi connectivity index (χ1v) is 16.7. The van der Waals surface area contributed by atoms with E-state index in [0.29, 0.717) is 25.2 Å². The first-order valence-electron chi connectivity index (χ1n) is 16.7. The number of carbonyl (C=O) groups is 1. The van der Waals surface area contributed by atoms with E-state index >= 15 is 0 Å². The largest absolute Gasteiger partial charge is 0.351 e. The van der Waals surface area contributed by atoms with Gasteiger partial charge in [0.15, 0.2) is 0 Å². The molecule has 1 aromatic carbocycles. The maximum Gasteiger partial charge on any atom is 0.269 e. The molecule has 3 rings (SSSR count). The minimum Gasteiger partial charge on any atom is -0.351 e. The quantitative estimate of drug-likeness (QED) is 0.120. The molecule has 1 N–H and O–H groups in total. The summed E-state index contributed by atoms with van der Waals surface area (Å²) in [6, 6.07) is 10.7. The second-order valence-corrected chi connectivity index (χ2v) is 13.2. The highest BCUT2D eigenvalue weighted by atomic mass is 16.2. The van der Waals surface area contributed by atoms with E-state index in [1.165, 1.54) is 30.4 Å². The predicted octanol–water partition coefficient (Wildman–Crippen LogP) is 8.47. The Morgan fingerprint density at radius 2 is 2.00 bits per heavy atom. The Balaban J connectivity index is 1.52. The first kappa shape index (κ1) is 35.1. The number of likely N-dealkylation sites (tertiary alicyclic amines) is 1. The number of carbonyl (C=O) groups excluding carboxylic acids is 1. The van der Waals surface area contributed by atoms with Gasteiger partial charge in [0.2, 0.25) is 0 Å². The average Bonchev–Trinajstić information content (AvgIpc) is 3.37. The van der Waals surface area contributed by atoms with Gasteiger partial charge < -0.3 is 10.2 Å². The monoisotopic (exact) mass is 596 g/mol. The molecule has 0 aliphatic carbocycles. The molecule has 1 aliphatic heterocycles. The Hall–Kier alpha value is -3.36. The number of terminal acetylenes is 1. The Kier molecular flexibility index (Phi) is 13.7. The lowest BCUT2D eigenvalue weighted by Gasteiger charge is -2.30. The molecule has 0 radical (unpaired) electrons. The molecule has 1 aromatic heterocycles. The molecular weight excluding hydrogens is 540 g/mol. The van der Waals surface area contributed by atoms with Crippen molar-refractivity contribution in [3.63, 3.8) is 0 Å². The molecule has 238 valence electrons. The third-order valence-corrected chi connectivity index (χ3v) is 9.52. The Labute approximate surface area is 267 Å². The van der Waals surface area contributed by atoms with E-state index in [2.05, 4.69) is 86.8 Å². The molecule has 1 atom stereocenters. The number of benzene rings is 1. The fourth-order valence-electron chi connectivity index (χ4n) is 6.09. The lowest BCUT2D eigenvalue weighted by atomic mass is 9.74. The molecule has 2 heterocycles. The number of nitrogens with one attached hydrogen (secondary N) is 1. The van der Waals surface area contributed by atoms with E-state index in [9.17, 15) is 4.79 Å². The van der Waals surface area contributed by atoms with Crippen LogP contribution in [0.4, 0.5) is 0 Å². The highest BCUT2D eigenvalue weighted by molar-refractivity contribution is 5.92. The lowest BCUT2D eigenvalue weighted by molar-refractivity contribution is 0.0942. The summed E-state index contributed by atoms with van der Waals surface area (Å²) in [5.41, 5.74) is 5.55. The third kappa shape index (κ3) is 9.83. The van der Waals surface area contributed by atoms with Gasteiger partial charge in [-0.2, -0.15) is 5.10 Å². The van der Waals surface area contributed by atoms with Gasteiger partial charge in [0.05, 0.1) is 12.2 Å². The molecule has 0 spiro atoms. The van der Waals surface area contributed by atoms with Gasteiger partial charge >= 0.3 is 0 Å². The number of unbranched alkanes of at least 4 members (excludes halogenated alkanes) is 2. The maximum absolute atomic E-state index is 13.4. The molecule has 0 bridgehead atoms. The Bertz CT molecular complexity index is 1320. The van der Waals surface area contributed by atoms with Crippen molar-refractivity contribution in [3.8, 4) is 12.3 Å². The number of hydrogen-bond acceptors (Lipinski definition) is 3. The third-order valence-electron chi connectivity index (χ3n) is 9.52. The molecule has 2 aromatic rings. The highest BCUT2D eigenvalue weighted by Crippen LogP contribution is 2.37.